The molecule has 0 saturated heterocycles. The average Bonchev–Trinajstić information content (AvgIpc) is 2.53. The standard InChI is InChI=1S/C9H5ClF3N3/c1-4-14-15-9(10)16(4)8-3-6(12)5(11)2-7(8)13/h2-3H,1H3. The van der Waals surface area contributed by atoms with Crippen LogP contribution < -0.4 is 0 Å². The molecule has 0 aliphatic heterocycles. The van der Waals surface area contributed by atoms with Crippen LogP contribution in [0.3, 0.4) is 0 Å². The molecule has 0 atom stereocenters. The highest BCUT2D eigenvalue weighted by Crippen LogP contribution is 2.22. The molecular formula is C9H5ClF3N3. The first-order valence-electron chi connectivity index (χ1n) is 4.23. The molecule has 3 nitrogen and oxygen atoms in total. The van der Waals surface area contributed by atoms with E-state index in [9.17, 15) is 13.2 Å². The Balaban J connectivity index is 2.69. The van der Waals surface area contributed by atoms with E-state index in [0.717, 1.165) is 4.57 Å². The van der Waals surface area contributed by atoms with Crippen LogP contribution in [-0.2, 0) is 0 Å². The Morgan fingerprint density at radius 2 is 1.69 bits per heavy atom. The molecule has 0 aliphatic rings. The van der Waals surface area contributed by atoms with Crippen molar-refractivity contribution in [3.05, 3.63) is 40.7 Å². The second kappa shape index (κ2) is 3.79. The highest BCUT2D eigenvalue weighted by atomic mass is 35.5. The summed E-state index contributed by atoms with van der Waals surface area (Å²) in [4.78, 5) is 0. The van der Waals surface area contributed by atoms with Gasteiger partial charge in [0.05, 0.1) is 5.69 Å². The van der Waals surface area contributed by atoms with Gasteiger partial charge in [-0.05, 0) is 18.5 Å². The smallest absolute Gasteiger partial charge is 0.229 e. The number of nitrogens with zero attached hydrogens (tertiary/aromatic N) is 3. The number of hydrogen-bond acceptors (Lipinski definition) is 2. The van der Waals surface area contributed by atoms with Crippen LogP contribution in [-0.4, -0.2) is 14.8 Å². The maximum atomic E-state index is 13.4. The zero-order chi connectivity index (χ0) is 11.9. The molecule has 0 aliphatic carbocycles. The van der Waals surface area contributed by atoms with Crippen LogP contribution in [0.5, 0.6) is 0 Å². The van der Waals surface area contributed by atoms with E-state index in [1.54, 1.807) is 0 Å². The van der Waals surface area contributed by atoms with Crippen molar-refractivity contribution >= 4 is 11.6 Å². The van der Waals surface area contributed by atoms with E-state index in [-0.39, 0.29) is 16.8 Å². The van der Waals surface area contributed by atoms with Crippen LogP contribution in [0.2, 0.25) is 5.28 Å². The molecule has 0 amide bonds. The van der Waals surface area contributed by atoms with Crippen molar-refractivity contribution < 1.29 is 13.2 Å². The van der Waals surface area contributed by atoms with Gasteiger partial charge in [0.2, 0.25) is 5.28 Å². The summed E-state index contributed by atoms with van der Waals surface area (Å²) in [7, 11) is 0. The maximum Gasteiger partial charge on any atom is 0.229 e. The first-order chi connectivity index (χ1) is 7.50. The van der Waals surface area contributed by atoms with E-state index in [0.29, 0.717) is 12.1 Å². The fourth-order valence-electron chi connectivity index (χ4n) is 1.29. The summed E-state index contributed by atoms with van der Waals surface area (Å²) in [5, 5.41) is 6.94. The number of aryl methyl sites for hydroxylation is 1. The Morgan fingerprint density at radius 1 is 1.06 bits per heavy atom. The average molecular weight is 248 g/mol. The summed E-state index contributed by atoms with van der Waals surface area (Å²) in [6, 6.07) is 1.15. The van der Waals surface area contributed by atoms with Crippen LogP contribution in [0.25, 0.3) is 5.69 Å². The number of benzene rings is 1. The van der Waals surface area contributed by atoms with Gasteiger partial charge in [0.25, 0.3) is 0 Å². The highest BCUT2D eigenvalue weighted by molar-refractivity contribution is 6.28. The largest absolute Gasteiger partial charge is 0.267 e. The van der Waals surface area contributed by atoms with Crippen LogP contribution in [0.15, 0.2) is 12.1 Å². The van der Waals surface area contributed by atoms with Gasteiger partial charge in [0, 0.05) is 12.1 Å². The molecule has 0 N–H and O–H groups in total. The highest BCUT2D eigenvalue weighted by Gasteiger charge is 2.16. The molecule has 0 bridgehead atoms. The fourth-order valence-corrected chi connectivity index (χ4v) is 1.54. The van der Waals surface area contributed by atoms with Gasteiger partial charge in [-0.2, -0.15) is 0 Å². The zero-order valence-electron chi connectivity index (χ0n) is 8.01. The van der Waals surface area contributed by atoms with Gasteiger partial charge in [-0.15, -0.1) is 10.2 Å². The van der Waals surface area contributed by atoms with Crippen LogP contribution in [0.4, 0.5) is 13.2 Å². The number of aromatic nitrogens is 3. The predicted molar refractivity (Wildman–Crippen MR) is 51.0 cm³/mol. The van der Waals surface area contributed by atoms with E-state index in [1.165, 1.54) is 6.92 Å². The Morgan fingerprint density at radius 3 is 2.25 bits per heavy atom. The summed E-state index contributed by atoms with van der Waals surface area (Å²) in [6.07, 6.45) is 0. The molecule has 2 rings (SSSR count). The molecule has 0 spiro atoms. The number of halogens is 4. The Bertz CT molecular complexity index is 534. The van der Waals surface area contributed by atoms with Gasteiger partial charge < -0.3 is 0 Å². The molecule has 0 fully saturated rings. The lowest BCUT2D eigenvalue weighted by molar-refractivity contribution is 0.492. The third-order valence-corrected chi connectivity index (χ3v) is 2.26. The van der Waals surface area contributed by atoms with Crippen molar-refractivity contribution in [3.63, 3.8) is 0 Å². The van der Waals surface area contributed by atoms with Crippen molar-refractivity contribution in [2.24, 2.45) is 0 Å². The molecule has 1 aromatic heterocycles. The second-order valence-corrected chi connectivity index (χ2v) is 3.41. The minimum absolute atomic E-state index is 0.123. The van der Waals surface area contributed by atoms with Crippen molar-refractivity contribution in [3.8, 4) is 5.69 Å². The molecule has 84 valence electrons. The zero-order valence-corrected chi connectivity index (χ0v) is 8.76. The predicted octanol–water partition coefficient (Wildman–Crippen LogP) is 2.65. The first-order valence-corrected chi connectivity index (χ1v) is 4.61. The van der Waals surface area contributed by atoms with Gasteiger partial charge in [-0.25, -0.2) is 13.2 Å². The van der Waals surface area contributed by atoms with Crippen LogP contribution in [0.1, 0.15) is 5.82 Å². The molecule has 7 heteroatoms. The van der Waals surface area contributed by atoms with Crippen molar-refractivity contribution in [2.45, 2.75) is 6.92 Å². The minimum atomic E-state index is -1.26. The molecule has 2 aromatic rings. The normalized spacial score (nSPS) is 10.8. The summed E-state index contributed by atoms with van der Waals surface area (Å²) in [6.45, 7) is 1.51. The fraction of sp³-hybridized carbons (Fsp3) is 0.111. The van der Waals surface area contributed by atoms with E-state index in [1.807, 2.05) is 0 Å². The first kappa shape index (κ1) is 10.9. The molecule has 0 saturated carbocycles. The van der Waals surface area contributed by atoms with Gasteiger partial charge in [-0.3, -0.25) is 4.57 Å². The van der Waals surface area contributed by atoms with Crippen molar-refractivity contribution in [2.75, 3.05) is 0 Å². The SMILES string of the molecule is Cc1nnc(Cl)n1-c1cc(F)c(F)cc1F. The van der Waals surface area contributed by atoms with Gasteiger partial charge in [0.1, 0.15) is 11.6 Å². The molecule has 1 aromatic carbocycles. The van der Waals surface area contributed by atoms with Crippen molar-refractivity contribution in [1.29, 1.82) is 0 Å². The number of rotatable bonds is 1. The Hall–Kier alpha value is -1.56. The second-order valence-electron chi connectivity index (χ2n) is 3.07. The molecule has 0 radical (unpaired) electrons. The minimum Gasteiger partial charge on any atom is -0.267 e. The lowest BCUT2D eigenvalue weighted by Crippen LogP contribution is -2.02. The van der Waals surface area contributed by atoms with Gasteiger partial charge in [-0.1, -0.05) is 0 Å². The molecule has 0 unspecified atom stereocenters. The van der Waals surface area contributed by atoms with Crippen LogP contribution in [0, 0.1) is 24.4 Å². The monoisotopic (exact) mass is 247 g/mol. The molecular weight excluding hydrogens is 243 g/mol. The maximum absolute atomic E-state index is 13.4. The topological polar surface area (TPSA) is 30.7 Å². The Kier molecular flexibility index (Phi) is 2.59. The van der Waals surface area contributed by atoms with Gasteiger partial charge in [0.15, 0.2) is 11.6 Å². The molecule has 1 heterocycles. The summed E-state index contributed by atoms with van der Waals surface area (Å²) >= 11 is 5.65. The summed E-state index contributed by atoms with van der Waals surface area (Å²) in [5.41, 5.74) is -0.230. The van der Waals surface area contributed by atoms with Crippen molar-refractivity contribution in [1.82, 2.24) is 14.8 Å². The van der Waals surface area contributed by atoms with E-state index in [4.69, 9.17) is 11.6 Å². The van der Waals surface area contributed by atoms with E-state index in [2.05, 4.69) is 10.2 Å². The third kappa shape index (κ3) is 1.65. The lowest BCUT2D eigenvalue weighted by atomic mass is 10.3. The lowest BCUT2D eigenvalue weighted by Gasteiger charge is -2.07. The quantitative estimate of drug-likeness (QED) is 0.726. The van der Waals surface area contributed by atoms with Crippen LogP contribution >= 0.6 is 11.6 Å². The van der Waals surface area contributed by atoms with E-state index >= 15 is 0 Å². The third-order valence-electron chi connectivity index (χ3n) is 2.02. The number of hydrogen-bond donors (Lipinski definition) is 0. The van der Waals surface area contributed by atoms with Gasteiger partial charge >= 0.3 is 0 Å². The molecule has 16 heavy (non-hydrogen) atoms. The summed E-state index contributed by atoms with van der Waals surface area (Å²) in [5.74, 6) is -3.10. The summed E-state index contributed by atoms with van der Waals surface area (Å²) < 4.78 is 40.2. The van der Waals surface area contributed by atoms with E-state index < -0.39 is 17.5 Å². The Labute approximate surface area is 93.5 Å².